The van der Waals surface area contributed by atoms with E-state index in [0.717, 1.165) is 40.0 Å². The molecule has 0 fully saturated rings. The Morgan fingerprint density at radius 2 is 1.60 bits per heavy atom. The predicted octanol–water partition coefficient (Wildman–Crippen LogP) is 5.37. The number of methoxy groups -OCH3 is 1. The number of nitrogens with two attached hydrogens (primary N) is 1. The molecule has 0 bridgehead atoms. The van der Waals surface area contributed by atoms with E-state index < -0.39 is 23.7 Å². The number of fused-ring (bicyclic) bond motifs is 1. The SMILES string of the molecule is COc1ccc(Cn2c(CCc3ccccc3)nnc2[C@@H](Cc2c[nH]c3ccccc23)NC(=O)C(C)(C)N)cc1.O=C(O)C(F)(F)F. The number of aryl methyl sites for hydroxylation is 2. The normalized spacial score (nSPS) is 12.2. The van der Waals surface area contributed by atoms with E-state index in [2.05, 4.69) is 43.3 Å². The molecule has 0 aliphatic heterocycles. The maximum atomic E-state index is 13.2. The Morgan fingerprint density at radius 1 is 0.957 bits per heavy atom. The number of alkyl halides is 3. The first-order valence-electron chi connectivity index (χ1n) is 14.8. The summed E-state index contributed by atoms with van der Waals surface area (Å²) in [5, 5.41) is 20.7. The van der Waals surface area contributed by atoms with Crippen LogP contribution < -0.4 is 15.8 Å². The quantitative estimate of drug-likeness (QED) is 0.150. The van der Waals surface area contributed by atoms with Crippen LogP contribution in [0.15, 0.2) is 85.1 Å². The van der Waals surface area contributed by atoms with E-state index in [1.54, 1.807) is 21.0 Å². The van der Waals surface area contributed by atoms with Gasteiger partial charge in [-0.2, -0.15) is 13.2 Å². The number of hydrogen-bond donors (Lipinski definition) is 4. The van der Waals surface area contributed by atoms with E-state index in [1.165, 1.54) is 5.56 Å². The van der Waals surface area contributed by atoms with Crippen molar-refractivity contribution in [3.63, 3.8) is 0 Å². The van der Waals surface area contributed by atoms with E-state index in [9.17, 15) is 18.0 Å². The molecule has 1 atom stereocenters. The highest BCUT2D eigenvalue weighted by Gasteiger charge is 2.38. The Labute approximate surface area is 269 Å². The number of ether oxygens (including phenoxy) is 1. The van der Waals surface area contributed by atoms with Gasteiger partial charge in [0.05, 0.1) is 25.2 Å². The topological polar surface area (TPSA) is 148 Å². The molecular formula is C34H37F3N6O4. The number of carbonyl (C=O) groups is 2. The molecule has 0 saturated heterocycles. The molecule has 0 aliphatic rings. The molecule has 5 aromatic rings. The molecule has 0 aliphatic carbocycles. The van der Waals surface area contributed by atoms with Gasteiger partial charge in [0.15, 0.2) is 5.82 Å². The molecule has 0 unspecified atom stereocenters. The number of para-hydroxylation sites is 1. The van der Waals surface area contributed by atoms with Gasteiger partial charge in [-0.1, -0.05) is 60.7 Å². The Balaban J connectivity index is 0.000000644. The number of H-pyrrole nitrogens is 1. The molecule has 13 heteroatoms. The number of carbonyl (C=O) groups excluding carboxylic acids is 1. The van der Waals surface area contributed by atoms with Crippen LogP contribution >= 0.6 is 0 Å². The lowest BCUT2D eigenvalue weighted by molar-refractivity contribution is -0.192. The molecule has 10 nitrogen and oxygen atoms in total. The van der Waals surface area contributed by atoms with Crippen molar-refractivity contribution in [1.29, 1.82) is 0 Å². The number of rotatable bonds is 11. The van der Waals surface area contributed by atoms with Gasteiger partial charge >= 0.3 is 12.1 Å². The first-order chi connectivity index (χ1) is 22.3. The van der Waals surface area contributed by atoms with Crippen molar-refractivity contribution < 1.29 is 32.6 Å². The second-order valence-corrected chi connectivity index (χ2v) is 11.5. The van der Waals surface area contributed by atoms with Crippen LogP contribution in [0.4, 0.5) is 13.2 Å². The molecule has 0 spiro atoms. The zero-order valence-corrected chi connectivity index (χ0v) is 26.2. The molecule has 2 aromatic heterocycles. The second-order valence-electron chi connectivity index (χ2n) is 11.5. The summed E-state index contributed by atoms with van der Waals surface area (Å²) in [4.78, 5) is 25.4. The molecule has 3 aromatic carbocycles. The Morgan fingerprint density at radius 3 is 2.21 bits per heavy atom. The zero-order valence-electron chi connectivity index (χ0n) is 26.2. The lowest BCUT2D eigenvalue weighted by Crippen LogP contribution is -2.50. The Kier molecular flexibility index (Phi) is 11.0. The van der Waals surface area contributed by atoms with Crippen LogP contribution in [0, 0.1) is 0 Å². The maximum absolute atomic E-state index is 13.2. The van der Waals surface area contributed by atoms with Crippen molar-refractivity contribution in [3.05, 3.63) is 113 Å². The third kappa shape index (κ3) is 9.42. The number of carboxylic acids is 1. The number of benzene rings is 3. The van der Waals surface area contributed by atoms with Gasteiger partial charge < -0.3 is 30.4 Å². The Hall–Kier alpha value is -5.17. The summed E-state index contributed by atoms with van der Waals surface area (Å²) in [6.07, 6.45) is -1.01. The fourth-order valence-electron chi connectivity index (χ4n) is 4.85. The highest BCUT2D eigenvalue weighted by Crippen LogP contribution is 2.26. The molecule has 47 heavy (non-hydrogen) atoms. The number of halogens is 3. The number of carboxylic acid groups (broad SMARTS) is 1. The van der Waals surface area contributed by atoms with Crippen LogP contribution in [0.3, 0.4) is 0 Å². The molecule has 5 rings (SSSR count). The van der Waals surface area contributed by atoms with Crippen molar-refractivity contribution in [1.82, 2.24) is 25.1 Å². The van der Waals surface area contributed by atoms with Crippen LogP contribution in [0.25, 0.3) is 10.9 Å². The van der Waals surface area contributed by atoms with Crippen LogP contribution in [0.1, 0.15) is 48.2 Å². The molecule has 0 radical (unpaired) electrons. The second kappa shape index (κ2) is 14.9. The lowest BCUT2D eigenvalue weighted by Gasteiger charge is -2.25. The summed E-state index contributed by atoms with van der Waals surface area (Å²) in [7, 11) is 1.66. The Bertz CT molecular complexity index is 1780. The van der Waals surface area contributed by atoms with Gasteiger partial charge in [-0.15, -0.1) is 10.2 Å². The minimum atomic E-state index is -5.08. The van der Waals surface area contributed by atoms with Crippen molar-refractivity contribution in [2.75, 3.05) is 7.11 Å². The van der Waals surface area contributed by atoms with Gasteiger partial charge in [-0.25, -0.2) is 4.79 Å². The number of amides is 1. The van der Waals surface area contributed by atoms with Crippen molar-refractivity contribution in [3.8, 4) is 5.75 Å². The van der Waals surface area contributed by atoms with E-state index in [1.807, 2.05) is 66.9 Å². The highest BCUT2D eigenvalue weighted by molar-refractivity contribution is 5.86. The van der Waals surface area contributed by atoms with E-state index >= 15 is 0 Å². The average molecular weight is 651 g/mol. The third-order valence-corrected chi connectivity index (χ3v) is 7.38. The van der Waals surface area contributed by atoms with Crippen LogP contribution in [-0.2, 0) is 35.4 Å². The summed E-state index contributed by atoms with van der Waals surface area (Å²) < 4.78 is 39.2. The molecule has 5 N–H and O–H groups in total. The molecule has 248 valence electrons. The van der Waals surface area contributed by atoms with Crippen molar-refractivity contribution in [2.24, 2.45) is 5.73 Å². The molecule has 2 heterocycles. The largest absolute Gasteiger partial charge is 0.497 e. The number of hydrogen-bond acceptors (Lipinski definition) is 6. The van der Waals surface area contributed by atoms with E-state index in [-0.39, 0.29) is 5.91 Å². The van der Waals surface area contributed by atoms with Crippen LogP contribution in [0.2, 0.25) is 0 Å². The van der Waals surface area contributed by atoms with E-state index in [4.69, 9.17) is 20.4 Å². The van der Waals surface area contributed by atoms with Gasteiger partial charge in [0.1, 0.15) is 11.6 Å². The smallest absolute Gasteiger partial charge is 0.490 e. The summed E-state index contributed by atoms with van der Waals surface area (Å²) in [6.45, 7) is 3.97. The first kappa shape index (κ1) is 34.7. The number of nitrogens with one attached hydrogen (secondary N) is 2. The minimum absolute atomic E-state index is 0.248. The van der Waals surface area contributed by atoms with Gasteiger partial charge in [-0.05, 0) is 55.2 Å². The fourth-order valence-corrected chi connectivity index (χ4v) is 4.85. The van der Waals surface area contributed by atoms with Gasteiger partial charge in [0, 0.05) is 29.9 Å². The van der Waals surface area contributed by atoms with Gasteiger partial charge in [0.25, 0.3) is 0 Å². The highest BCUT2D eigenvalue weighted by atomic mass is 19.4. The summed E-state index contributed by atoms with van der Waals surface area (Å²) in [5.41, 5.74) is 9.60. The maximum Gasteiger partial charge on any atom is 0.490 e. The monoisotopic (exact) mass is 650 g/mol. The lowest BCUT2D eigenvalue weighted by atomic mass is 10.0. The standard InChI is InChI=1S/C32H36N6O2.C2HF3O2/c1-32(2,33)31(39)35-28(19-24-20-34-27-12-8-7-11-26(24)27)30-37-36-29(18-15-22-9-5-4-6-10-22)38(30)21-23-13-16-25(40-3)17-14-23;3-2(4,5)1(6)7/h4-14,16-17,20,28,34H,15,18-19,21,33H2,1-3H3,(H,35,39);(H,6,7)/t28-;/m1./s1. The number of nitrogens with zero attached hydrogens (tertiary/aromatic N) is 3. The average Bonchev–Trinajstić information content (AvgIpc) is 3.63. The van der Waals surface area contributed by atoms with Gasteiger partial charge in [-0.3, -0.25) is 4.79 Å². The minimum Gasteiger partial charge on any atom is -0.497 e. The first-order valence-corrected chi connectivity index (χ1v) is 14.8. The van der Waals surface area contributed by atoms with E-state index in [0.29, 0.717) is 25.2 Å². The van der Waals surface area contributed by atoms with Crippen LogP contribution in [0.5, 0.6) is 5.75 Å². The molecular weight excluding hydrogens is 613 g/mol. The summed E-state index contributed by atoms with van der Waals surface area (Å²) in [5.74, 6) is -0.650. The summed E-state index contributed by atoms with van der Waals surface area (Å²) in [6, 6.07) is 26.0. The predicted molar refractivity (Wildman–Crippen MR) is 171 cm³/mol. The third-order valence-electron chi connectivity index (χ3n) is 7.38. The van der Waals surface area contributed by atoms with Gasteiger partial charge in [0.2, 0.25) is 5.91 Å². The molecule has 1 amide bonds. The number of aromatic nitrogens is 4. The zero-order chi connectivity index (χ0) is 34.2. The van der Waals surface area contributed by atoms with Crippen molar-refractivity contribution >= 4 is 22.8 Å². The summed E-state index contributed by atoms with van der Waals surface area (Å²) >= 11 is 0. The van der Waals surface area contributed by atoms with Crippen molar-refractivity contribution in [2.45, 2.75) is 57.4 Å². The number of aromatic amines is 1. The van der Waals surface area contributed by atoms with Crippen LogP contribution in [-0.4, -0.2) is 55.6 Å². The fraction of sp³-hybridized carbons (Fsp3) is 0.294. The molecule has 0 saturated carbocycles. The number of aliphatic carboxylic acids is 1.